The Hall–Kier alpha value is -0.610. The van der Waals surface area contributed by atoms with Crippen LogP contribution in [0.3, 0.4) is 0 Å². The normalized spacial score (nSPS) is 12.4. The molecule has 0 bridgehead atoms. The van der Waals surface area contributed by atoms with Gasteiger partial charge in [-0.15, -0.1) is 8.86 Å². The van der Waals surface area contributed by atoms with Crippen molar-refractivity contribution >= 4 is 14.2 Å². The standard InChI is InChI=1S/C15H23P/c1-4-6-10-15(16)14(5-2)13-9-7-8-12(3)11-13/h7-9,11,14,16H,4-6,10H2,1-3H3. The van der Waals surface area contributed by atoms with E-state index in [4.69, 9.17) is 0 Å². The van der Waals surface area contributed by atoms with E-state index in [9.17, 15) is 0 Å². The summed E-state index contributed by atoms with van der Waals surface area (Å²) in [6.07, 6.45) is 4.91. The van der Waals surface area contributed by atoms with Crippen molar-refractivity contribution in [2.75, 3.05) is 0 Å². The molecular weight excluding hydrogens is 211 g/mol. The molecule has 0 aromatic heterocycles. The zero-order chi connectivity index (χ0) is 12.0. The molecule has 0 saturated carbocycles. The lowest BCUT2D eigenvalue weighted by molar-refractivity contribution is 0.785. The molecule has 0 spiro atoms. The SMILES string of the molecule is CCCCC(=P)C(CC)c1cccc(C)c1. The van der Waals surface area contributed by atoms with Crippen molar-refractivity contribution in [3.05, 3.63) is 35.4 Å². The third kappa shape index (κ3) is 3.76. The highest BCUT2D eigenvalue weighted by Gasteiger charge is 2.13. The number of benzene rings is 1. The first-order valence-electron chi connectivity index (χ1n) is 6.32. The van der Waals surface area contributed by atoms with E-state index in [-0.39, 0.29) is 0 Å². The van der Waals surface area contributed by atoms with E-state index < -0.39 is 0 Å². The van der Waals surface area contributed by atoms with Gasteiger partial charge in [0.25, 0.3) is 0 Å². The van der Waals surface area contributed by atoms with Gasteiger partial charge in [-0.05, 0) is 37.0 Å². The largest absolute Gasteiger partial charge is 0.123 e. The lowest BCUT2D eigenvalue weighted by atomic mass is 9.90. The van der Waals surface area contributed by atoms with Crippen LogP contribution in [0.25, 0.3) is 0 Å². The van der Waals surface area contributed by atoms with Crippen molar-refractivity contribution in [3.8, 4) is 0 Å². The van der Waals surface area contributed by atoms with Gasteiger partial charge < -0.3 is 0 Å². The maximum Gasteiger partial charge on any atom is 0.00863 e. The molecule has 1 heteroatoms. The molecule has 0 aliphatic carbocycles. The summed E-state index contributed by atoms with van der Waals surface area (Å²) in [5, 5.41) is 1.45. The summed E-state index contributed by atoms with van der Waals surface area (Å²) in [5.74, 6) is 0.572. The minimum Gasteiger partial charge on any atom is -0.123 e. The molecule has 0 fully saturated rings. The van der Waals surface area contributed by atoms with E-state index in [0.29, 0.717) is 5.92 Å². The third-order valence-electron chi connectivity index (χ3n) is 3.07. The highest BCUT2D eigenvalue weighted by atomic mass is 31.0. The zero-order valence-corrected chi connectivity index (χ0v) is 11.7. The second kappa shape index (κ2) is 6.86. The summed E-state index contributed by atoms with van der Waals surface area (Å²) in [6, 6.07) is 8.87. The van der Waals surface area contributed by atoms with E-state index in [1.54, 1.807) is 0 Å². The van der Waals surface area contributed by atoms with Crippen LogP contribution in [0.4, 0.5) is 0 Å². The highest BCUT2D eigenvalue weighted by molar-refractivity contribution is 7.21. The van der Waals surface area contributed by atoms with Crippen LogP contribution in [0.1, 0.15) is 56.6 Å². The second-order valence-electron chi connectivity index (χ2n) is 4.50. The summed E-state index contributed by atoms with van der Waals surface area (Å²) in [6.45, 7) is 6.67. The van der Waals surface area contributed by atoms with Crippen LogP contribution in [-0.2, 0) is 0 Å². The maximum absolute atomic E-state index is 3.84. The van der Waals surface area contributed by atoms with Crippen molar-refractivity contribution in [3.63, 3.8) is 0 Å². The Balaban J connectivity index is 2.77. The number of unbranched alkanes of at least 4 members (excludes halogenated alkanes) is 1. The van der Waals surface area contributed by atoms with Crippen LogP contribution in [0.5, 0.6) is 0 Å². The van der Waals surface area contributed by atoms with E-state index in [1.807, 2.05) is 0 Å². The van der Waals surface area contributed by atoms with Crippen LogP contribution in [-0.4, -0.2) is 5.29 Å². The van der Waals surface area contributed by atoms with Crippen molar-refractivity contribution < 1.29 is 0 Å². The minimum absolute atomic E-state index is 0.572. The van der Waals surface area contributed by atoms with Gasteiger partial charge in [-0.25, -0.2) is 0 Å². The van der Waals surface area contributed by atoms with Gasteiger partial charge in [-0.2, -0.15) is 0 Å². The first-order chi connectivity index (χ1) is 7.69. The van der Waals surface area contributed by atoms with E-state index in [0.717, 1.165) is 0 Å². The van der Waals surface area contributed by atoms with Gasteiger partial charge in [-0.1, -0.05) is 50.1 Å². The van der Waals surface area contributed by atoms with E-state index in [2.05, 4.69) is 53.9 Å². The molecule has 16 heavy (non-hydrogen) atoms. The van der Waals surface area contributed by atoms with Crippen LogP contribution >= 0.6 is 8.86 Å². The minimum atomic E-state index is 0.572. The summed E-state index contributed by atoms with van der Waals surface area (Å²) in [5.41, 5.74) is 2.80. The second-order valence-corrected chi connectivity index (χ2v) is 5.15. The Morgan fingerprint density at radius 1 is 1.31 bits per heavy atom. The van der Waals surface area contributed by atoms with Crippen molar-refractivity contribution in [1.82, 2.24) is 0 Å². The molecule has 0 aliphatic rings. The molecule has 1 rings (SSSR count). The fraction of sp³-hybridized carbons (Fsp3) is 0.533. The smallest absolute Gasteiger partial charge is 0.00863 e. The van der Waals surface area contributed by atoms with Gasteiger partial charge in [0.2, 0.25) is 0 Å². The summed E-state index contributed by atoms with van der Waals surface area (Å²) >= 11 is 0. The summed E-state index contributed by atoms with van der Waals surface area (Å²) in [7, 11) is 3.84. The lowest BCUT2D eigenvalue weighted by Gasteiger charge is -2.18. The number of aryl methyl sites for hydroxylation is 1. The molecular formula is C15H23P. The van der Waals surface area contributed by atoms with Crippen molar-refractivity contribution in [2.24, 2.45) is 0 Å². The summed E-state index contributed by atoms with van der Waals surface area (Å²) < 4.78 is 0. The molecule has 0 aliphatic heterocycles. The quantitative estimate of drug-likeness (QED) is 0.608. The first kappa shape index (κ1) is 13.5. The van der Waals surface area contributed by atoms with Gasteiger partial charge >= 0.3 is 0 Å². The number of hydrogen-bond donors (Lipinski definition) is 0. The molecule has 0 heterocycles. The third-order valence-corrected chi connectivity index (χ3v) is 3.67. The number of hydrogen-bond acceptors (Lipinski definition) is 0. The lowest BCUT2D eigenvalue weighted by Crippen LogP contribution is -2.09. The number of rotatable bonds is 6. The van der Waals surface area contributed by atoms with Crippen molar-refractivity contribution in [2.45, 2.75) is 52.4 Å². The predicted molar refractivity (Wildman–Crippen MR) is 77.1 cm³/mol. The van der Waals surface area contributed by atoms with Crippen LogP contribution < -0.4 is 0 Å². The van der Waals surface area contributed by atoms with Crippen LogP contribution in [0.2, 0.25) is 0 Å². The summed E-state index contributed by atoms with van der Waals surface area (Å²) in [4.78, 5) is 0. The van der Waals surface area contributed by atoms with Crippen LogP contribution in [0, 0.1) is 6.92 Å². The zero-order valence-electron chi connectivity index (χ0n) is 10.7. The monoisotopic (exact) mass is 234 g/mol. The van der Waals surface area contributed by atoms with E-state index >= 15 is 0 Å². The topological polar surface area (TPSA) is 0 Å². The Kier molecular flexibility index (Phi) is 5.77. The van der Waals surface area contributed by atoms with Gasteiger partial charge in [-0.3, -0.25) is 0 Å². The molecule has 0 amide bonds. The van der Waals surface area contributed by atoms with Crippen molar-refractivity contribution in [1.29, 1.82) is 0 Å². The molecule has 1 unspecified atom stereocenters. The molecule has 0 saturated heterocycles. The molecule has 0 radical (unpaired) electrons. The Morgan fingerprint density at radius 3 is 2.62 bits per heavy atom. The average molecular weight is 234 g/mol. The molecule has 0 N–H and O–H groups in total. The fourth-order valence-electron chi connectivity index (χ4n) is 2.11. The molecule has 1 aromatic rings. The van der Waals surface area contributed by atoms with Gasteiger partial charge in [0.05, 0.1) is 0 Å². The Morgan fingerprint density at radius 2 is 2.06 bits per heavy atom. The fourth-order valence-corrected chi connectivity index (χ4v) is 2.66. The highest BCUT2D eigenvalue weighted by Crippen LogP contribution is 2.25. The Labute approximate surface area is 102 Å². The molecule has 0 nitrogen and oxygen atoms in total. The predicted octanol–water partition coefficient (Wildman–Crippen LogP) is 4.99. The maximum atomic E-state index is 3.84. The van der Waals surface area contributed by atoms with Gasteiger partial charge in [0, 0.05) is 5.92 Å². The van der Waals surface area contributed by atoms with Gasteiger partial charge in [0.15, 0.2) is 0 Å². The molecule has 1 atom stereocenters. The van der Waals surface area contributed by atoms with Gasteiger partial charge in [0.1, 0.15) is 0 Å². The molecule has 88 valence electrons. The Bertz CT molecular complexity index is 341. The average Bonchev–Trinajstić information content (AvgIpc) is 2.27. The first-order valence-corrected chi connectivity index (χ1v) is 6.82. The van der Waals surface area contributed by atoms with Crippen LogP contribution in [0.15, 0.2) is 24.3 Å². The molecule has 1 aromatic carbocycles. The van der Waals surface area contributed by atoms with E-state index in [1.165, 1.54) is 42.1 Å².